The van der Waals surface area contributed by atoms with Gasteiger partial charge in [-0.15, -0.1) is 0 Å². The zero-order chi connectivity index (χ0) is 12.4. The van der Waals surface area contributed by atoms with E-state index >= 15 is 0 Å². The van der Waals surface area contributed by atoms with E-state index < -0.39 is 0 Å². The Morgan fingerprint density at radius 1 is 1.12 bits per heavy atom. The quantitative estimate of drug-likeness (QED) is 0.669. The molecule has 0 radical (unpaired) electrons. The molecule has 0 unspecified atom stereocenters. The number of nitrogens with one attached hydrogen (secondary N) is 1. The van der Waals surface area contributed by atoms with Crippen LogP contribution in [0.15, 0.2) is 72.8 Å². The second-order valence-corrected chi connectivity index (χ2v) is 3.20. The smallest absolute Gasteiger partial charge is 0.0375 e. The highest BCUT2D eigenvalue weighted by Gasteiger charge is 1.89. The van der Waals surface area contributed by atoms with Crippen molar-refractivity contribution in [3.63, 3.8) is 0 Å². The Morgan fingerprint density at radius 3 is 2.31 bits per heavy atom. The Kier molecular flexibility index (Phi) is 7.33. The Bertz CT molecular complexity index is 355. The molecule has 0 spiro atoms. The van der Waals surface area contributed by atoms with Gasteiger partial charge in [0.15, 0.2) is 0 Å². The maximum absolute atomic E-state index is 5.59. The first kappa shape index (κ1) is 14.0. The Morgan fingerprint density at radius 2 is 1.81 bits per heavy atom. The monoisotopic (exact) mass is 216 g/mol. The molecule has 0 atom stereocenters. The average molecular weight is 216 g/mol. The van der Waals surface area contributed by atoms with E-state index in [0.717, 1.165) is 11.4 Å². The highest BCUT2D eigenvalue weighted by Crippen LogP contribution is 1.98. The van der Waals surface area contributed by atoms with Crippen molar-refractivity contribution in [2.24, 2.45) is 5.73 Å². The maximum Gasteiger partial charge on any atom is 0.0375 e. The summed E-state index contributed by atoms with van der Waals surface area (Å²) in [4.78, 5) is 0. The summed E-state index contributed by atoms with van der Waals surface area (Å²) in [6.07, 6.45) is 12.9. The summed E-state index contributed by atoms with van der Waals surface area (Å²) in [6, 6.07) is 0. The number of allylic oxidation sites excluding steroid dienone is 8. The summed E-state index contributed by atoms with van der Waals surface area (Å²) in [5, 5.41) is 3.20. The summed E-state index contributed by atoms with van der Waals surface area (Å²) in [5.41, 5.74) is 8.16. The lowest BCUT2D eigenvalue weighted by molar-refractivity contribution is 1.00. The minimum Gasteiger partial charge on any atom is -0.399 e. The maximum atomic E-state index is 5.59. The van der Waals surface area contributed by atoms with E-state index in [0.29, 0.717) is 5.70 Å². The van der Waals surface area contributed by atoms with E-state index in [1.54, 1.807) is 18.2 Å². The molecular formula is C14H20N2. The first-order valence-corrected chi connectivity index (χ1v) is 5.13. The largest absolute Gasteiger partial charge is 0.399 e. The Balaban J connectivity index is 4.58. The molecule has 0 aliphatic heterocycles. The van der Waals surface area contributed by atoms with Crippen LogP contribution in [0, 0.1) is 0 Å². The van der Waals surface area contributed by atoms with Gasteiger partial charge in [-0.1, -0.05) is 25.3 Å². The Hall–Kier alpha value is -1.96. The van der Waals surface area contributed by atoms with Crippen LogP contribution in [-0.2, 0) is 0 Å². The van der Waals surface area contributed by atoms with Gasteiger partial charge in [0, 0.05) is 17.1 Å². The van der Waals surface area contributed by atoms with Crippen LogP contribution in [0.4, 0.5) is 0 Å². The average Bonchev–Trinajstić information content (AvgIpc) is 2.31. The zero-order valence-corrected chi connectivity index (χ0v) is 10.0. The van der Waals surface area contributed by atoms with Gasteiger partial charge in [0.2, 0.25) is 0 Å². The minimum atomic E-state index is 0.638. The molecule has 16 heavy (non-hydrogen) atoms. The van der Waals surface area contributed by atoms with E-state index in [4.69, 9.17) is 5.73 Å². The molecule has 0 fully saturated rings. The lowest BCUT2D eigenvalue weighted by Gasteiger charge is -2.05. The highest BCUT2D eigenvalue weighted by atomic mass is 14.9. The molecule has 3 N–H and O–H groups in total. The minimum absolute atomic E-state index is 0.638. The third-order valence-electron chi connectivity index (χ3n) is 1.79. The molecule has 0 saturated heterocycles. The van der Waals surface area contributed by atoms with Crippen molar-refractivity contribution in [3.8, 4) is 0 Å². The van der Waals surface area contributed by atoms with E-state index in [1.165, 1.54) is 0 Å². The lowest BCUT2D eigenvalue weighted by Crippen LogP contribution is -2.08. The molecule has 0 rings (SSSR count). The molecule has 2 heteroatoms. The van der Waals surface area contributed by atoms with Crippen LogP contribution in [0.2, 0.25) is 0 Å². The topological polar surface area (TPSA) is 38.0 Å². The molecule has 2 nitrogen and oxygen atoms in total. The van der Waals surface area contributed by atoms with Gasteiger partial charge in [-0.3, -0.25) is 0 Å². The van der Waals surface area contributed by atoms with Crippen LogP contribution in [0.3, 0.4) is 0 Å². The highest BCUT2D eigenvalue weighted by molar-refractivity contribution is 5.27. The van der Waals surface area contributed by atoms with Gasteiger partial charge >= 0.3 is 0 Å². The van der Waals surface area contributed by atoms with Crippen molar-refractivity contribution in [2.75, 3.05) is 0 Å². The van der Waals surface area contributed by atoms with Gasteiger partial charge in [-0.05, 0) is 44.2 Å². The third kappa shape index (κ3) is 6.49. The Labute approximate surface area is 98.2 Å². The van der Waals surface area contributed by atoms with Gasteiger partial charge in [0.1, 0.15) is 0 Å². The lowest BCUT2D eigenvalue weighted by atomic mass is 10.3. The SMILES string of the molecule is C=C/C(N)=C\C=C(/C)N/C(C=C)=C/C=C\C. The van der Waals surface area contributed by atoms with Crippen LogP contribution in [0.25, 0.3) is 0 Å². The zero-order valence-electron chi connectivity index (χ0n) is 10.0. The normalized spacial score (nSPS) is 14.0. The van der Waals surface area contributed by atoms with Gasteiger partial charge in [-0.2, -0.15) is 0 Å². The fourth-order valence-electron chi connectivity index (χ4n) is 0.919. The van der Waals surface area contributed by atoms with Crippen molar-refractivity contribution < 1.29 is 0 Å². The van der Waals surface area contributed by atoms with Crippen molar-refractivity contribution in [3.05, 3.63) is 72.8 Å². The molecule has 0 aliphatic carbocycles. The standard InChI is InChI=1S/C14H20N2/c1-5-8-9-14(7-3)16-12(4)10-11-13(15)6-2/h5-11,16H,2-3,15H2,1,4H3/b8-5-,12-10+,13-11+,14-9+. The van der Waals surface area contributed by atoms with E-state index in [1.807, 2.05) is 38.2 Å². The number of hydrogen-bond acceptors (Lipinski definition) is 2. The first-order chi connectivity index (χ1) is 7.63. The van der Waals surface area contributed by atoms with Crippen molar-refractivity contribution in [1.29, 1.82) is 0 Å². The molecule has 0 amide bonds. The van der Waals surface area contributed by atoms with Gasteiger partial charge in [0.05, 0.1) is 0 Å². The predicted molar refractivity (Wildman–Crippen MR) is 72.5 cm³/mol. The third-order valence-corrected chi connectivity index (χ3v) is 1.79. The van der Waals surface area contributed by atoms with E-state index in [-0.39, 0.29) is 0 Å². The summed E-state index contributed by atoms with van der Waals surface area (Å²) in [6.45, 7) is 11.2. The summed E-state index contributed by atoms with van der Waals surface area (Å²) < 4.78 is 0. The van der Waals surface area contributed by atoms with Crippen LogP contribution < -0.4 is 11.1 Å². The van der Waals surface area contributed by atoms with Crippen molar-refractivity contribution in [2.45, 2.75) is 13.8 Å². The molecule has 86 valence electrons. The van der Waals surface area contributed by atoms with Crippen LogP contribution in [0.1, 0.15) is 13.8 Å². The molecule has 0 bridgehead atoms. The van der Waals surface area contributed by atoms with E-state index in [9.17, 15) is 0 Å². The molecule has 0 aromatic carbocycles. The second-order valence-electron chi connectivity index (χ2n) is 3.20. The molecular weight excluding hydrogens is 196 g/mol. The van der Waals surface area contributed by atoms with Gasteiger partial charge < -0.3 is 11.1 Å². The summed E-state index contributed by atoms with van der Waals surface area (Å²) in [7, 11) is 0. The summed E-state index contributed by atoms with van der Waals surface area (Å²) in [5.74, 6) is 0. The van der Waals surface area contributed by atoms with Crippen LogP contribution in [0.5, 0.6) is 0 Å². The predicted octanol–water partition coefficient (Wildman–Crippen LogP) is 3.15. The number of rotatable bonds is 6. The van der Waals surface area contributed by atoms with Crippen LogP contribution in [-0.4, -0.2) is 0 Å². The molecule has 0 saturated carbocycles. The van der Waals surface area contributed by atoms with Crippen molar-refractivity contribution >= 4 is 0 Å². The molecule has 0 aromatic heterocycles. The summed E-state index contributed by atoms with van der Waals surface area (Å²) >= 11 is 0. The van der Waals surface area contributed by atoms with E-state index in [2.05, 4.69) is 18.5 Å². The van der Waals surface area contributed by atoms with Gasteiger partial charge in [-0.25, -0.2) is 0 Å². The van der Waals surface area contributed by atoms with Crippen LogP contribution >= 0.6 is 0 Å². The van der Waals surface area contributed by atoms with Crippen molar-refractivity contribution in [1.82, 2.24) is 5.32 Å². The molecule has 0 aromatic rings. The number of hydrogen-bond donors (Lipinski definition) is 2. The van der Waals surface area contributed by atoms with Gasteiger partial charge in [0.25, 0.3) is 0 Å². The number of nitrogens with two attached hydrogens (primary N) is 1. The fourth-order valence-corrected chi connectivity index (χ4v) is 0.919. The fraction of sp³-hybridized carbons (Fsp3) is 0.143. The first-order valence-electron chi connectivity index (χ1n) is 5.13. The second kappa shape index (κ2) is 8.36. The molecule has 0 heterocycles. The molecule has 0 aliphatic rings.